The van der Waals surface area contributed by atoms with Gasteiger partial charge in [0.05, 0.1) is 19.9 Å². The minimum absolute atomic E-state index is 0.282. The van der Waals surface area contributed by atoms with Gasteiger partial charge in [0, 0.05) is 12.3 Å². The van der Waals surface area contributed by atoms with Gasteiger partial charge in [-0.2, -0.15) is 0 Å². The molecule has 1 aliphatic rings. The van der Waals surface area contributed by atoms with Gasteiger partial charge in [-0.1, -0.05) is 25.3 Å². The topological polar surface area (TPSA) is 59.6 Å². The van der Waals surface area contributed by atoms with Crippen molar-refractivity contribution < 1.29 is 14.3 Å². The molecular weight excluding hydrogens is 280 g/mol. The van der Waals surface area contributed by atoms with Crippen molar-refractivity contribution in [3.05, 3.63) is 30.5 Å². The number of amides is 2. The molecule has 0 aromatic heterocycles. The van der Waals surface area contributed by atoms with Crippen LogP contribution in [0.15, 0.2) is 30.5 Å². The SMILES string of the molecule is COc1ccc(NC(=O)N/C=C/C2CCCCC2)c(OC)c1. The molecule has 22 heavy (non-hydrogen) atoms. The lowest BCUT2D eigenvalue weighted by Gasteiger charge is -2.17. The number of hydrogen-bond acceptors (Lipinski definition) is 3. The molecule has 1 saturated carbocycles. The van der Waals surface area contributed by atoms with Crippen LogP contribution in [0, 0.1) is 5.92 Å². The second-order valence-corrected chi connectivity index (χ2v) is 5.42. The number of hydrogen-bond donors (Lipinski definition) is 2. The second kappa shape index (κ2) is 8.32. The molecule has 120 valence electrons. The van der Waals surface area contributed by atoms with Gasteiger partial charge in [-0.25, -0.2) is 4.79 Å². The Hall–Kier alpha value is -2.17. The summed E-state index contributed by atoms with van der Waals surface area (Å²) in [6.07, 6.45) is 10.1. The lowest BCUT2D eigenvalue weighted by Crippen LogP contribution is -2.24. The van der Waals surface area contributed by atoms with Gasteiger partial charge in [-0.05, 0) is 30.9 Å². The van der Waals surface area contributed by atoms with E-state index in [0.29, 0.717) is 23.1 Å². The van der Waals surface area contributed by atoms with Gasteiger partial charge < -0.3 is 20.1 Å². The summed E-state index contributed by atoms with van der Waals surface area (Å²) in [4.78, 5) is 11.9. The van der Waals surface area contributed by atoms with E-state index >= 15 is 0 Å². The summed E-state index contributed by atoms with van der Waals surface area (Å²) in [6.45, 7) is 0. The third kappa shape index (κ3) is 4.69. The molecule has 0 aliphatic heterocycles. The molecule has 5 nitrogen and oxygen atoms in total. The fourth-order valence-electron chi connectivity index (χ4n) is 2.65. The first-order chi connectivity index (χ1) is 10.7. The Balaban J connectivity index is 1.87. The molecule has 0 radical (unpaired) electrons. The third-order valence-electron chi connectivity index (χ3n) is 3.89. The quantitative estimate of drug-likeness (QED) is 0.866. The number of ether oxygens (including phenoxy) is 2. The molecule has 2 amide bonds. The first-order valence-electron chi connectivity index (χ1n) is 7.69. The highest BCUT2D eigenvalue weighted by molar-refractivity contribution is 5.91. The highest BCUT2D eigenvalue weighted by Gasteiger charge is 2.10. The molecule has 0 heterocycles. The summed E-state index contributed by atoms with van der Waals surface area (Å²) in [6, 6.07) is 4.97. The number of urea groups is 1. The van der Waals surface area contributed by atoms with Crippen molar-refractivity contribution in [3.63, 3.8) is 0 Å². The molecule has 5 heteroatoms. The smallest absolute Gasteiger partial charge is 0.323 e. The fourth-order valence-corrected chi connectivity index (χ4v) is 2.65. The van der Waals surface area contributed by atoms with Crippen molar-refractivity contribution in [3.8, 4) is 11.5 Å². The molecule has 0 saturated heterocycles. The van der Waals surface area contributed by atoms with Crippen LogP contribution in [0.4, 0.5) is 10.5 Å². The number of methoxy groups -OCH3 is 2. The van der Waals surface area contributed by atoms with Crippen LogP contribution in [-0.2, 0) is 0 Å². The number of nitrogens with one attached hydrogen (secondary N) is 2. The minimum Gasteiger partial charge on any atom is -0.497 e. The number of carbonyl (C=O) groups excluding carboxylic acids is 1. The summed E-state index contributed by atoms with van der Waals surface area (Å²) >= 11 is 0. The molecular formula is C17H24N2O3. The van der Waals surface area contributed by atoms with E-state index in [-0.39, 0.29) is 6.03 Å². The predicted molar refractivity (Wildman–Crippen MR) is 87.4 cm³/mol. The molecule has 1 aromatic carbocycles. The number of carbonyl (C=O) groups is 1. The van der Waals surface area contributed by atoms with Crippen LogP contribution in [0.1, 0.15) is 32.1 Å². The zero-order valence-corrected chi connectivity index (χ0v) is 13.2. The Kier molecular flexibility index (Phi) is 6.13. The predicted octanol–water partition coefficient (Wildman–Crippen LogP) is 3.92. The van der Waals surface area contributed by atoms with E-state index in [9.17, 15) is 4.79 Å². The number of rotatable bonds is 5. The number of allylic oxidation sites excluding steroid dienone is 1. The third-order valence-corrected chi connectivity index (χ3v) is 3.89. The molecule has 1 aromatic rings. The van der Waals surface area contributed by atoms with Crippen molar-refractivity contribution in [2.24, 2.45) is 5.92 Å². The van der Waals surface area contributed by atoms with Crippen LogP contribution in [-0.4, -0.2) is 20.3 Å². The average molecular weight is 304 g/mol. The molecule has 0 bridgehead atoms. The summed E-state index contributed by atoms with van der Waals surface area (Å²) in [5, 5.41) is 5.51. The first kappa shape index (κ1) is 16.2. The van der Waals surface area contributed by atoms with Gasteiger partial charge in [-0.3, -0.25) is 0 Å². The summed E-state index contributed by atoms with van der Waals surface area (Å²) < 4.78 is 10.4. The average Bonchev–Trinajstić information content (AvgIpc) is 2.56. The van der Waals surface area contributed by atoms with Crippen LogP contribution in [0.5, 0.6) is 11.5 Å². The molecule has 0 atom stereocenters. The van der Waals surface area contributed by atoms with Crippen molar-refractivity contribution in [2.45, 2.75) is 32.1 Å². The van der Waals surface area contributed by atoms with Crippen LogP contribution >= 0.6 is 0 Å². The van der Waals surface area contributed by atoms with Crippen molar-refractivity contribution >= 4 is 11.7 Å². The summed E-state index contributed by atoms with van der Waals surface area (Å²) in [7, 11) is 3.14. The second-order valence-electron chi connectivity index (χ2n) is 5.42. The van der Waals surface area contributed by atoms with E-state index in [1.54, 1.807) is 38.6 Å². The van der Waals surface area contributed by atoms with Crippen molar-refractivity contribution in [1.29, 1.82) is 0 Å². The van der Waals surface area contributed by atoms with Gasteiger partial charge in [-0.15, -0.1) is 0 Å². The Bertz CT molecular complexity index is 523. The summed E-state index contributed by atoms with van der Waals surface area (Å²) in [5.74, 6) is 1.83. The minimum atomic E-state index is -0.282. The highest BCUT2D eigenvalue weighted by Crippen LogP contribution is 2.29. The van der Waals surface area contributed by atoms with Gasteiger partial charge in [0.15, 0.2) is 0 Å². The monoisotopic (exact) mass is 304 g/mol. The van der Waals surface area contributed by atoms with Crippen molar-refractivity contribution in [2.75, 3.05) is 19.5 Å². The summed E-state index contributed by atoms with van der Waals surface area (Å²) in [5.41, 5.74) is 0.604. The van der Waals surface area contributed by atoms with E-state index in [1.807, 2.05) is 0 Å². The zero-order chi connectivity index (χ0) is 15.8. The largest absolute Gasteiger partial charge is 0.497 e. The van der Waals surface area contributed by atoms with Crippen molar-refractivity contribution in [1.82, 2.24) is 5.32 Å². The Morgan fingerprint density at radius 1 is 1.18 bits per heavy atom. The fraction of sp³-hybridized carbons (Fsp3) is 0.471. The maximum atomic E-state index is 11.9. The van der Waals surface area contributed by atoms with E-state index in [0.717, 1.165) is 0 Å². The van der Waals surface area contributed by atoms with Crippen LogP contribution < -0.4 is 20.1 Å². The standard InChI is InChI=1S/C17H24N2O3/c1-21-14-8-9-15(16(12-14)22-2)19-17(20)18-11-10-13-6-4-3-5-7-13/h8-13H,3-7H2,1-2H3,(H2,18,19,20)/b11-10+. The normalized spacial score (nSPS) is 15.5. The molecule has 0 spiro atoms. The van der Waals surface area contributed by atoms with Gasteiger partial charge in [0.2, 0.25) is 0 Å². The highest BCUT2D eigenvalue weighted by atomic mass is 16.5. The maximum Gasteiger partial charge on any atom is 0.323 e. The van der Waals surface area contributed by atoms with E-state index in [4.69, 9.17) is 9.47 Å². The van der Waals surface area contributed by atoms with E-state index < -0.39 is 0 Å². The molecule has 0 unspecified atom stereocenters. The van der Waals surface area contributed by atoms with Crippen LogP contribution in [0.3, 0.4) is 0 Å². The Morgan fingerprint density at radius 3 is 2.64 bits per heavy atom. The van der Waals surface area contributed by atoms with Gasteiger partial charge in [0.1, 0.15) is 11.5 Å². The molecule has 1 aliphatic carbocycles. The van der Waals surface area contributed by atoms with Crippen LogP contribution in [0.25, 0.3) is 0 Å². The van der Waals surface area contributed by atoms with Gasteiger partial charge >= 0.3 is 6.03 Å². The lowest BCUT2D eigenvalue weighted by atomic mass is 9.89. The zero-order valence-electron chi connectivity index (χ0n) is 13.2. The molecule has 2 rings (SSSR count). The first-order valence-corrected chi connectivity index (χ1v) is 7.69. The Morgan fingerprint density at radius 2 is 1.95 bits per heavy atom. The van der Waals surface area contributed by atoms with Gasteiger partial charge in [0.25, 0.3) is 0 Å². The number of benzene rings is 1. The van der Waals surface area contributed by atoms with Crippen LogP contribution in [0.2, 0.25) is 0 Å². The lowest BCUT2D eigenvalue weighted by molar-refractivity contribution is 0.255. The van der Waals surface area contributed by atoms with E-state index in [1.165, 1.54) is 32.1 Å². The molecule has 1 fully saturated rings. The Labute approximate surface area is 131 Å². The van der Waals surface area contributed by atoms with E-state index in [2.05, 4.69) is 16.7 Å². The maximum absolute atomic E-state index is 11.9. The number of anilines is 1. The molecule has 2 N–H and O–H groups in total.